The number of aromatic nitrogens is 2. The highest BCUT2D eigenvalue weighted by Crippen LogP contribution is 2.23. The Morgan fingerprint density at radius 2 is 1.95 bits per heavy atom. The molecular formula is C16H14N2O2. The standard InChI is InChI=1S/C16H14N2O2/c1-11-5-7-12(8-6-11)14-10-17-15(16(19)20-2)13-4-3-9-18(13)14/h3-10H,1-2H3. The van der Waals surface area contributed by atoms with E-state index in [0.717, 1.165) is 16.8 Å². The average molecular weight is 266 g/mol. The quantitative estimate of drug-likeness (QED) is 0.669. The highest BCUT2D eigenvalue weighted by Gasteiger charge is 2.15. The molecule has 100 valence electrons. The Morgan fingerprint density at radius 1 is 1.20 bits per heavy atom. The summed E-state index contributed by atoms with van der Waals surface area (Å²) in [7, 11) is 1.36. The number of fused-ring (bicyclic) bond motifs is 1. The molecule has 0 amide bonds. The van der Waals surface area contributed by atoms with Gasteiger partial charge in [-0.25, -0.2) is 9.78 Å². The van der Waals surface area contributed by atoms with Crippen molar-refractivity contribution in [1.82, 2.24) is 9.38 Å². The molecule has 0 unspecified atom stereocenters. The van der Waals surface area contributed by atoms with Gasteiger partial charge < -0.3 is 9.14 Å². The highest BCUT2D eigenvalue weighted by atomic mass is 16.5. The summed E-state index contributed by atoms with van der Waals surface area (Å²) in [5.41, 5.74) is 4.28. The van der Waals surface area contributed by atoms with E-state index in [1.807, 2.05) is 41.8 Å². The van der Waals surface area contributed by atoms with Crippen molar-refractivity contribution in [3.05, 3.63) is 60.0 Å². The molecule has 0 aliphatic rings. The van der Waals surface area contributed by atoms with Crippen molar-refractivity contribution in [2.24, 2.45) is 0 Å². The van der Waals surface area contributed by atoms with Crippen LogP contribution in [0.2, 0.25) is 0 Å². The molecule has 0 spiro atoms. The van der Waals surface area contributed by atoms with Crippen LogP contribution < -0.4 is 0 Å². The SMILES string of the molecule is COC(=O)c1ncc(-c2ccc(C)cc2)n2cccc12. The zero-order valence-electron chi connectivity index (χ0n) is 11.3. The number of benzene rings is 1. The number of rotatable bonds is 2. The number of ether oxygens (including phenoxy) is 1. The van der Waals surface area contributed by atoms with Gasteiger partial charge in [-0.15, -0.1) is 0 Å². The van der Waals surface area contributed by atoms with Gasteiger partial charge in [-0.3, -0.25) is 0 Å². The van der Waals surface area contributed by atoms with Gasteiger partial charge in [0.15, 0.2) is 5.69 Å². The zero-order chi connectivity index (χ0) is 14.1. The first-order chi connectivity index (χ1) is 9.70. The van der Waals surface area contributed by atoms with E-state index in [0.29, 0.717) is 5.69 Å². The Morgan fingerprint density at radius 3 is 2.65 bits per heavy atom. The summed E-state index contributed by atoms with van der Waals surface area (Å²) < 4.78 is 6.71. The lowest BCUT2D eigenvalue weighted by Crippen LogP contribution is -2.07. The lowest BCUT2D eigenvalue weighted by atomic mass is 10.1. The van der Waals surface area contributed by atoms with Gasteiger partial charge >= 0.3 is 5.97 Å². The number of methoxy groups -OCH3 is 1. The second-order valence-corrected chi connectivity index (χ2v) is 4.61. The van der Waals surface area contributed by atoms with Crippen LogP contribution in [0.25, 0.3) is 16.8 Å². The highest BCUT2D eigenvalue weighted by molar-refractivity contribution is 5.95. The molecule has 20 heavy (non-hydrogen) atoms. The molecule has 4 nitrogen and oxygen atoms in total. The van der Waals surface area contributed by atoms with Gasteiger partial charge in [-0.05, 0) is 19.1 Å². The summed E-state index contributed by atoms with van der Waals surface area (Å²) in [4.78, 5) is 16.0. The third-order valence-corrected chi connectivity index (χ3v) is 3.29. The Labute approximate surface area is 116 Å². The van der Waals surface area contributed by atoms with Crippen LogP contribution in [0.3, 0.4) is 0 Å². The lowest BCUT2D eigenvalue weighted by molar-refractivity contribution is 0.0596. The van der Waals surface area contributed by atoms with Crippen molar-refractivity contribution < 1.29 is 9.53 Å². The first-order valence-corrected chi connectivity index (χ1v) is 6.32. The van der Waals surface area contributed by atoms with E-state index >= 15 is 0 Å². The largest absolute Gasteiger partial charge is 0.464 e. The summed E-state index contributed by atoms with van der Waals surface area (Å²) >= 11 is 0. The van der Waals surface area contributed by atoms with Crippen LogP contribution in [0.15, 0.2) is 48.8 Å². The Kier molecular flexibility index (Phi) is 2.99. The maximum absolute atomic E-state index is 11.7. The third kappa shape index (κ3) is 1.95. The molecule has 0 bridgehead atoms. The molecule has 0 saturated heterocycles. The number of hydrogen-bond acceptors (Lipinski definition) is 3. The van der Waals surface area contributed by atoms with Crippen LogP contribution in [0.1, 0.15) is 16.1 Å². The summed E-state index contributed by atoms with van der Waals surface area (Å²) in [6, 6.07) is 11.9. The van der Waals surface area contributed by atoms with Crippen LogP contribution in [-0.4, -0.2) is 22.5 Å². The number of esters is 1. The van der Waals surface area contributed by atoms with E-state index in [-0.39, 0.29) is 0 Å². The van der Waals surface area contributed by atoms with E-state index in [2.05, 4.69) is 17.1 Å². The third-order valence-electron chi connectivity index (χ3n) is 3.29. The molecule has 2 heterocycles. The molecule has 4 heteroatoms. The molecule has 0 fully saturated rings. The maximum atomic E-state index is 11.7. The van der Waals surface area contributed by atoms with Crippen LogP contribution in [0.4, 0.5) is 0 Å². The van der Waals surface area contributed by atoms with Crippen molar-refractivity contribution >= 4 is 11.5 Å². The number of hydrogen-bond donors (Lipinski definition) is 0. The minimum absolute atomic E-state index is 0.327. The molecule has 0 aliphatic heterocycles. The Balaban J connectivity index is 2.21. The summed E-state index contributed by atoms with van der Waals surface area (Å²) in [6.45, 7) is 2.05. The van der Waals surface area contributed by atoms with Crippen molar-refractivity contribution in [2.45, 2.75) is 6.92 Å². The zero-order valence-corrected chi connectivity index (χ0v) is 11.3. The molecule has 3 aromatic rings. The Bertz CT molecular complexity index is 773. The molecule has 0 N–H and O–H groups in total. The Hall–Kier alpha value is -2.62. The normalized spacial score (nSPS) is 10.7. The van der Waals surface area contributed by atoms with E-state index in [4.69, 9.17) is 4.74 Å². The van der Waals surface area contributed by atoms with Gasteiger partial charge in [0.25, 0.3) is 0 Å². The second-order valence-electron chi connectivity index (χ2n) is 4.61. The predicted octanol–water partition coefficient (Wildman–Crippen LogP) is 3.10. The molecule has 1 aromatic carbocycles. The molecule has 0 aliphatic carbocycles. The molecule has 0 saturated carbocycles. The minimum Gasteiger partial charge on any atom is -0.464 e. The lowest BCUT2D eigenvalue weighted by Gasteiger charge is -2.09. The number of aryl methyl sites for hydroxylation is 1. The first-order valence-electron chi connectivity index (χ1n) is 6.32. The molecule has 3 rings (SSSR count). The van der Waals surface area contributed by atoms with Crippen molar-refractivity contribution in [2.75, 3.05) is 7.11 Å². The van der Waals surface area contributed by atoms with Gasteiger partial charge in [0.2, 0.25) is 0 Å². The van der Waals surface area contributed by atoms with E-state index in [1.165, 1.54) is 12.7 Å². The molecule has 0 atom stereocenters. The van der Waals surface area contributed by atoms with Crippen molar-refractivity contribution in [3.8, 4) is 11.3 Å². The molecular weight excluding hydrogens is 252 g/mol. The summed E-state index contributed by atoms with van der Waals surface area (Å²) in [6.07, 6.45) is 3.61. The van der Waals surface area contributed by atoms with E-state index < -0.39 is 5.97 Å². The van der Waals surface area contributed by atoms with Gasteiger partial charge in [0, 0.05) is 11.8 Å². The smallest absolute Gasteiger partial charge is 0.358 e. The first kappa shape index (κ1) is 12.4. The number of carbonyl (C=O) groups excluding carboxylic acids is 1. The fourth-order valence-electron chi connectivity index (χ4n) is 2.23. The number of nitrogens with zero attached hydrogens (tertiary/aromatic N) is 2. The van der Waals surface area contributed by atoms with Crippen LogP contribution in [-0.2, 0) is 4.74 Å². The maximum Gasteiger partial charge on any atom is 0.358 e. The summed E-state index contributed by atoms with van der Waals surface area (Å²) in [5.74, 6) is -0.427. The monoisotopic (exact) mass is 266 g/mol. The van der Waals surface area contributed by atoms with Crippen molar-refractivity contribution in [3.63, 3.8) is 0 Å². The fourth-order valence-corrected chi connectivity index (χ4v) is 2.23. The van der Waals surface area contributed by atoms with Crippen LogP contribution >= 0.6 is 0 Å². The van der Waals surface area contributed by atoms with Crippen molar-refractivity contribution in [1.29, 1.82) is 0 Å². The number of carbonyl (C=O) groups is 1. The van der Waals surface area contributed by atoms with Gasteiger partial charge in [-0.1, -0.05) is 29.8 Å². The van der Waals surface area contributed by atoms with Crippen LogP contribution in [0, 0.1) is 6.92 Å². The van der Waals surface area contributed by atoms with Gasteiger partial charge in [0.05, 0.1) is 24.5 Å². The summed E-state index contributed by atoms with van der Waals surface area (Å²) in [5, 5.41) is 0. The fraction of sp³-hybridized carbons (Fsp3) is 0.125. The van der Waals surface area contributed by atoms with Crippen LogP contribution in [0.5, 0.6) is 0 Å². The van der Waals surface area contributed by atoms with Gasteiger partial charge in [-0.2, -0.15) is 0 Å². The molecule has 0 radical (unpaired) electrons. The van der Waals surface area contributed by atoms with Gasteiger partial charge in [0.1, 0.15) is 0 Å². The molecule has 2 aromatic heterocycles. The second kappa shape index (κ2) is 4.81. The van der Waals surface area contributed by atoms with E-state index in [1.54, 1.807) is 6.20 Å². The predicted molar refractivity (Wildman–Crippen MR) is 76.7 cm³/mol. The minimum atomic E-state index is -0.427. The topological polar surface area (TPSA) is 43.6 Å². The van der Waals surface area contributed by atoms with E-state index in [9.17, 15) is 4.79 Å². The average Bonchev–Trinajstić information content (AvgIpc) is 2.96.